The van der Waals surface area contributed by atoms with Gasteiger partial charge in [-0.25, -0.2) is 0 Å². The van der Waals surface area contributed by atoms with Gasteiger partial charge in [-0.15, -0.1) is 0 Å². The highest BCUT2D eigenvalue weighted by atomic mass is 32.2. The third-order valence-electron chi connectivity index (χ3n) is 12.2. The minimum Gasteiger partial charge on any atom is -0.486 e. The SMILES string of the molecule is CCOCCOc1ccccc1[S+](c1ccccc1)c1ccccc1.FC(F)(F)c1cc([B-](c2cc(C(F)(F)F)cc(C(F)(F)F)c2)(c2cc(C(F)(F)F)cc(C(F)(F)F)c2)c2cc(C(F)(F)F)cc(C(F)(F)F)c2)cc(C(F)(F)F)c1. The van der Waals surface area contributed by atoms with E-state index >= 15 is 0 Å². The predicted molar refractivity (Wildman–Crippen MR) is 254 cm³/mol. The molecule has 0 aliphatic rings. The average Bonchev–Trinajstić information content (AvgIpc) is 1.92. The first-order valence-electron chi connectivity index (χ1n) is 23.2. The molecule has 0 aliphatic carbocycles. The normalized spacial score (nSPS) is 13.2. The topological polar surface area (TPSA) is 18.5 Å². The summed E-state index contributed by atoms with van der Waals surface area (Å²) in [6, 6.07) is 20.7. The summed E-state index contributed by atoms with van der Waals surface area (Å²) in [7, 11) is -0.199. The highest BCUT2D eigenvalue weighted by Gasteiger charge is 2.47. The van der Waals surface area contributed by atoms with Crippen LogP contribution in [0.25, 0.3) is 0 Å². The van der Waals surface area contributed by atoms with E-state index in [0.717, 1.165) is 5.75 Å². The zero-order valence-electron chi connectivity index (χ0n) is 41.0. The van der Waals surface area contributed by atoms with Crippen molar-refractivity contribution in [2.45, 2.75) is 71.0 Å². The number of halogens is 24. The molecule has 7 aromatic rings. The van der Waals surface area contributed by atoms with E-state index in [9.17, 15) is 105 Å². The zero-order chi connectivity index (χ0) is 61.2. The Hall–Kier alpha value is -6.97. The number of rotatable bonds is 12. The number of ether oxygens (including phenoxy) is 2. The molecule has 0 aromatic heterocycles. The highest BCUT2D eigenvalue weighted by Crippen LogP contribution is 2.42. The van der Waals surface area contributed by atoms with E-state index in [0.29, 0.717) is 19.8 Å². The van der Waals surface area contributed by atoms with Crippen LogP contribution in [-0.2, 0) is 65.0 Å². The van der Waals surface area contributed by atoms with E-state index in [-0.39, 0.29) is 10.9 Å². The summed E-state index contributed by atoms with van der Waals surface area (Å²) in [4.78, 5) is 3.78. The molecule has 0 amide bonds. The van der Waals surface area contributed by atoms with Crippen LogP contribution in [0, 0.1) is 0 Å². The van der Waals surface area contributed by atoms with Crippen LogP contribution >= 0.6 is 0 Å². The minimum atomic E-state index is -6.13. The van der Waals surface area contributed by atoms with E-state index in [1.807, 2.05) is 19.1 Å². The van der Waals surface area contributed by atoms with Crippen LogP contribution in [0.4, 0.5) is 105 Å². The lowest BCUT2D eigenvalue weighted by molar-refractivity contribution is -0.144. The Morgan fingerprint density at radius 2 is 0.561 bits per heavy atom. The molecular weight excluding hydrogens is 1180 g/mol. The molecule has 2 nitrogen and oxygen atoms in total. The molecule has 0 fully saturated rings. The molecule has 440 valence electrons. The van der Waals surface area contributed by atoms with E-state index in [4.69, 9.17) is 9.47 Å². The molecule has 0 atom stereocenters. The molecule has 7 aromatic carbocycles. The zero-order valence-corrected chi connectivity index (χ0v) is 41.8. The van der Waals surface area contributed by atoms with Gasteiger partial charge in [0.15, 0.2) is 15.5 Å². The third kappa shape index (κ3) is 15.2. The van der Waals surface area contributed by atoms with Crippen LogP contribution < -0.4 is 26.6 Å². The number of hydrogen-bond donors (Lipinski definition) is 0. The van der Waals surface area contributed by atoms with Gasteiger partial charge in [-0.05, 0) is 67.6 Å². The molecule has 0 bridgehead atoms. The fraction of sp³-hybridized carbons (Fsp3) is 0.222. The van der Waals surface area contributed by atoms with E-state index in [2.05, 4.69) is 72.8 Å². The maximum absolute atomic E-state index is 14.2. The molecule has 0 saturated carbocycles. The fourth-order valence-electron chi connectivity index (χ4n) is 8.67. The lowest BCUT2D eigenvalue weighted by Gasteiger charge is -2.46. The number of benzene rings is 7. The summed E-state index contributed by atoms with van der Waals surface area (Å²) >= 11 is 0. The molecule has 0 heterocycles. The lowest BCUT2D eigenvalue weighted by Crippen LogP contribution is -2.75. The number of hydrogen-bond acceptors (Lipinski definition) is 2. The van der Waals surface area contributed by atoms with Crippen molar-refractivity contribution in [1.29, 1.82) is 0 Å². The monoisotopic (exact) mass is 1210 g/mol. The Labute approximate surface area is 451 Å². The van der Waals surface area contributed by atoms with Gasteiger partial charge in [0, 0.05) is 6.61 Å². The van der Waals surface area contributed by atoms with Crippen molar-refractivity contribution in [3.05, 3.63) is 202 Å². The van der Waals surface area contributed by atoms with Gasteiger partial charge in [0.2, 0.25) is 4.90 Å². The third-order valence-corrected chi connectivity index (χ3v) is 14.4. The van der Waals surface area contributed by atoms with Crippen LogP contribution in [0.3, 0.4) is 0 Å². The van der Waals surface area contributed by atoms with Crippen molar-refractivity contribution in [1.82, 2.24) is 0 Å². The van der Waals surface area contributed by atoms with Crippen LogP contribution in [0.1, 0.15) is 51.4 Å². The molecule has 0 spiro atoms. The Bertz CT molecular complexity index is 2830. The maximum Gasteiger partial charge on any atom is 0.416 e. The second-order valence-electron chi connectivity index (χ2n) is 17.6. The van der Waals surface area contributed by atoms with Crippen molar-refractivity contribution in [2.75, 3.05) is 19.8 Å². The summed E-state index contributed by atoms with van der Waals surface area (Å²) in [5.74, 6) is 0.929. The van der Waals surface area contributed by atoms with E-state index in [1.54, 1.807) is 0 Å². The van der Waals surface area contributed by atoms with E-state index in [1.165, 1.54) is 14.7 Å². The molecular formula is C54H35BF24O2S. The van der Waals surface area contributed by atoms with Crippen molar-refractivity contribution in [2.24, 2.45) is 0 Å². The van der Waals surface area contributed by atoms with Gasteiger partial charge in [-0.2, -0.15) is 127 Å². The van der Waals surface area contributed by atoms with Gasteiger partial charge in [0.25, 0.3) is 0 Å². The smallest absolute Gasteiger partial charge is 0.416 e. The molecule has 0 N–H and O–H groups in total. The number of para-hydroxylation sites is 1. The molecule has 0 unspecified atom stereocenters. The van der Waals surface area contributed by atoms with Crippen LogP contribution in [-0.4, -0.2) is 26.0 Å². The van der Waals surface area contributed by atoms with Crippen molar-refractivity contribution >= 4 is 38.9 Å². The molecule has 0 aliphatic heterocycles. The molecule has 82 heavy (non-hydrogen) atoms. The molecule has 28 heteroatoms. The first-order valence-corrected chi connectivity index (χ1v) is 24.4. The second-order valence-corrected chi connectivity index (χ2v) is 19.6. The van der Waals surface area contributed by atoms with Crippen molar-refractivity contribution in [3.8, 4) is 5.75 Å². The standard InChI is InChI=1S/C32H12BF24.C22H23O2S/c34-25(35,36)13-1-14(26(37,38)39)6-21(5-13)33(22-7-15(27(40,41)42)2-16(8-22)28(43,44)45,23-9-17(29(46,47)48)3-18(10-23)30(49,50)51)24-11-19(31(52,53)54)4-20(12-24)32(55,56)57;1-2-23-17-18-24-21-15-9-10-16-22(21)25(19-11-5-3-6-12-19)20-13-7-4-8-14-20/h1-12H;3-16H,2,17-18H2,1H3/q-1;+1. The summed E-state index contributed by atoms with van der Waals surface area (Å²) < 4.78 is 352. The first kappa shape index (κ1) is 64.2. The molecule has 0 saturated heterocycles. The Balaban J connectivity index is 0.000000357. The van der Waals surface area contributed by atoms with Gasteiger partial charge in [-0.1, -0.05) is 97.1 Å². The van der Waals surface area contributed by atoms with Crippen molar-refractivity contribution in [3.63, 3.8) is 0 Å². The Morgan fingerprint density at radius 1 is 0.317 bits per heavy atom. The lowest BCUT2D eigenvalue weighted by atomic mass is 9.12. The minimum absolute atomic E-state index is 0.199. The Kier molecular flexibility index (Phi) is 18.6. The van der Waals surface area contributed by atoms with Gasteiger partial charge in [-0.3, -0.25) is 0 Å². The first-order chi connectivity index (χ1) is 37.7. The van der Waals surface area contributed by atoms with Gasteiger partial charge < -0.3 is 9.47 Å². The summed E-state index contributed by atoms with van der Waals surface area (Å²) in [6.07, 6.45) is -54.8. The van der Waals surface area contributed by atoms with Crippen LogP contribution in [0.15, 0.2) is 172 Å². The van der Waals surface area contributed by atoms with Crippen LogP contribution in [0.2, 0.25) is 0 Å². The summed E-state index contributed by atoms with van der Waals surface area (Å²) in [6.45, 7) is 3.88. The van der Waals surface area contributed by atoms with Gasteiger partial charge >= 0.3 is 49.4 Å². The number of alkyl halides is 24. The maximum atomic E-state index is 14.2. The molecule has 0 radical (unpaired) electrons. The highest BCUT2D eigenvalue weighted by molar-refractivity contribution is 7.97. The summed E-state index contributed by atoms with van der Waals surface area (Å²) in [5.41, 5.74) is -30.2. The fourth-order valence-corrected chi connectivity index (χ4v) is 10.8. The Morgan fingerprint density at radius 3 is 0.805 bits per heavy atom. The summed E-state index contributed by atoms with van der Waals surface area (Å²) in [5, 5.41) is 0. The average molecular weight is 1210 g/mol. The van der Waals surface area contributed by atoms with Crippen LogP contribution in [0.5, 0.6) is 5.75 Å². The van der Waals surface area contributed by atoms with Gasteiger partial charge in [0.05, 0.1) is 51.1 Å². The largest absolute Gasteiger partial charge is 0.486 e. The van der Waals surface area contributed by atoms with Gasteiger partial charge in [0.1, 0.15) is 23.6 Å². The second kappa shape index (κ2) is 23.7. The quantitative estimate of drug-likeness (QED) is 0.0525. The molecule has 7 rings (SSSR count). The predicted octanol–water partition coefficient (Wildman–Crippen LogP) is 16.4. The van der Waals surface area contributed by atoms with Crippen molar-refractivity contribution < 1.29 is 115 Å². The van der Waals surface area contributed by atoms with E-state index < -0.39 is 195 Å².